The van der Waals surface area contributed by atoms with Gasteiger partial charge < -0.3 is 26.0 Å². The van der Waals surface area contributed by atoms with E-state index in [0.29, 0.717) is 17.9 Å². The summed E-state index contributed by atoms with van der Waals surface area (Å²) in [4.78, 5) is 40.6. The van der Waals surface area contributed by atoms with Gasteiger partial charge >= 0.3 is 6.03 Å². The quantitative estimate of drug-likeness (QED) is 0.635. The summed E-state index contributed by atoms with van der Waals surface area (Å²) < 4.78 is 5.15. The SMILES string of the molecule is CCNC(=O)N1CCN(C(=O)c2cccc(OC)c2)C1C(=O)NCCN. The van der Waals surface area contributed by atoms with Crippen molar-refractivity contribution in [3.8, 4) is 5.75 Å². The summed E-state index contributed by atoms with van der Waals surface area (Å²) in [6.45, 7) is 3.27. The number of ether oxygens (including phenoxy) is 1. The number of hydrogen-bond donors (Lipinski definition) is 3. The summed E-state index contributed by atoms with van der Waals surface area (Å²) in [5, 5.41) is 5.33. The smallest absolute Gasteiger partial charge is 0.319 e. The lowest BCUT2D eigenvalue weighted by Crippen LogP contribution is -2.56. The highest BCUT2D eigenvalue weighted by molar-refractivity contribution is 5.99. The van der Waals surface area contributed by atoms with Crippen LogP contribution in [0.3, 0.4) is 0 Å². The first-order valence-electron chi connectivity index (χ1n) is 8.50. The van der Waals surface area contributed by atoms with Crippen LogP contribution in [-0.4, -0.2) is 73.6 Å². The van der Waals surface area contributed by atoms with Gasteiger partial charge in [0.05, 0.1) is 7.11 Å². The molecule has 1 heterocycles. The van der Waals surface area contributed by atoms with E-state index >= 15 is 0 Å². The van der Waals surface area contributed by atoms with Crippen molar-refractivity contribution >= 4 is 17.8 Å². The van der Waals surface area contributed by atoms with Gasteiger partial charge in [0.2, 0.25) is 0 Å². The van der Waals surface area contributed by atoms with Crippen LogP contribution < -0.4 is 21.1 Å². The van der Waals surface area contributed by atoms with Gasteiger partial charge in [-0.15, -0.1) is 0 Å². The molecule has 9 nitrogen and oxygen atoms in total. The summed E-state index contributed by atoms with van der Waals surface area (Å²) in [5.74, 6) is -0.237. The van der Waals surface area contributed by atoms with Gasteiger partial charge in [0.25, 0.3) is 11.8 Å². The number of nitrogens with zero attached hydrogens (tertiary/aromatic N) is 2. The highest BCUT2D eigenvalue weighted by Crippen LogP contribution is 2.21. The Kier molecular flexibility index (Phi) is 6.79. The average Bonchev–Trinajstić information content (AvgIpc) is 3.11. The lowest BCUT2D eigenvalue weighted by Gasteiger charge is -2.29. The van der Waals surface area contributed by atoms with Crippen molar-refractivity contribution in [1.82, 2.24) is 20.4 Å². The molecular weight excluding hydrogens is 338 g/mol. The van der Waals surface area contributed by atoms with Crippen molar-refractivity contribution < 1.29 is 19.1 Å². The van der Waals surface area contributed by atoms with E-state index < -0.39 is 12.1 Å². The lowest BCUT2D eigenvalue weighted by atomic mass is 10.2. The minimum atomic E-state index is -1.02. The number of urea groups is 1. The Labute approximate surface area is 152 Å². The molecule has 1 aromatic carbocycles. The molecule has 0 aliphatic carbocycles. The van der Waals surface area contributed by atoms with Crippen LogP contribution in [0.5, 0.6) is 5.75 Å². The highest BCUT2D eigenvalue weighted by atomic mass is 16.5. The molecule has 9 heteroatoms. The van der Waals surface area contributed by atoms with Crippen LogP contribution in [0.15, 0.2) is 24.3 Å². The van der Waals surface area contributed by atoms with Crippen LogP contribution in [0.2, 0.25) is 0 Å². The maximum atomic E-state index is 12.9. The minimum Gasteiger partial charge on any atom is -0.497 e. The molecule has 0 spiro atoms. The molecule has 142 valence electrons. The molecule has 1 atom stereocenters. The Bertz CT molecular complexity index is 666. The number of carbonyl (C=O) groups excluding carboxylic acids is 3. The van der Waals surface area contributed by atoms with Gasteiger partial charge in [-0.2, -0.15) is 0 Å². The van der Waals surface area contributed by atoms with E-state index in [4.69, 9.17) is 10.5 Å². The molecule has 1 aliphatic rings. The zero-order chi connectivity index (χ0) is 19.1. The van der Waals surface area contributed by atoms with Crippen molar-refractivity contribution in [2.75, 3.05) is 39.8 Å². The molecule has 1 unspecified atom stereocenters. The summed E-state index contributed by atoms with van der Waals surface area (Å²) in [6, 6.07) is 6.29. The minimum absolute atomic E-state index is 0.258. The van der Waals surface area contributed by atoms with E-state index in [9.17, 15) is 14.4 Å². The summed E-state index contributed by atoms with van der Waals surface area (Å²) in [7, 11) is 1.51. The fraction of sp³-hybridized carbons (Fsp3) is 0.471. The number of benzene rings is 1. The second kappa shape index (κ2) is 9.04. The van der Waals surface area contributed by atoms with Gasteiger partial charge in [0, 0.05) is 38.3 Å². The largest absolute Gasteiger partial charge is 0.497 e. The lowest BCUT2D eigenvalue weighted by molar-refractivity contribution is -0.127. The highest BCUT2D eigenvalue weighted by Gasteiger charge is 2.42. The first kappa shape index (κ1) is 19.5. The number of rotatable bonds is 6. The Morgan fingerprint density at radius 3 is 2.62 bits per heavy atom. The maximum Gasteiger partial charge on any atom is 0.319 e. The zero-order valence-corrected chi connectivity index (χ0v) is 15.0. The molecule has 0 aromatic heterocycles. The van der Waals surface area contributed by atoms with Gasteiger partial charge in [-0.25, -0.2) is 4.79 Å². The molecule has 0 bridgehead atoms. The number of nitrogens with one attached hydrogen (secondary N) is 2. The normalized spacial score (nSPS) is 16.3. The van der Waals surface area contributed by atoms with Crippen LogP contribution in [0, 0.1) is 0 Å². The van der Waals surface area contributed by atoms with E-state index in [1.54, 1.807) is 31.2 Å². The van der Waals surface area contributed by atoms with Crippen LogP contribution in [-0.2, 0) is 4.79 Å². The van der Waals surface area contributed by atoms with Gasteiger partial charge in [-0.05, 0) is 25.1 Å². The van der Waals surface area contributed by atoms with Crippen molar-refractivity contribution in [2.45, 2.75) is 13.1 Å². The molecule has 4 amide bonds. The first-order chi connectivity index (χ1) is 12.5. The van der Waals surface area contributed by atoms with Crippen LogP contribution in [0.1, 0.15) is 17.3 Å². The zero-order valence-electron chi connectivity index (χ0n) is 15.0. The van der Waals surface area contributed by atoms with Crippen LogP contribution in [0.25, 0.3) is 0 Å². The predicted octanol–water partition coefficient (Wildman–Crippen LogP) is -0.416. The predicted molar refractivity (Wildman–Crippen MR) is 95.7 cm³/mol. The number of hydrogen-bond acceptors (Lipinski definition) is 5. The second-order valence-corrected chi connectivity index (χ2v) is 5.71. The number of methoxy groups -OCH3 is 1. The molecule has 1 fully saturated rings. The summed E-state index contributed by atoms with van der Waals surface area (Å²) >= 11 is 0. The van der Waals surface area contributed by atoms with E-state index in [2.05, 4.69) is 10.6 Å². The van der Waals surface area contributed by atoms with Crippen molar-refractivity contribution in [3.05, 3.63) is 29.8 Å². The van der Waals surface area contributed by atoms with Gasteiger partial charge in [-0.1, -0.05) is 6.07 Å². The fourth-order valence-electron chi connectivity index (χ4n) is 2.80. The molecule has 0 radical (unpaired) electrons. The van der Waals surface area contributed by atoms with E-state index in [0.717, 1.165) is 0 Å². The van der Waals surface area contributed by atoms with Crippen LogP contribution in [0.4, 0.5) is 4.79 Å². The first-order valence-corrected chi connectivity index (χ1v) is 8.50. The molecule has 1 saturated heterocycles. The molecular formula is C17H25N5O4. The standard InChI is InChI=1S/C17H25N5O4/c1-3-19-17(25)22-10-9-21(15(22)14(23)20-8-7-18)16(24)12-5-4-6-13(11-12)26-2/h4-6,11,15H,3,7-10,18H2,1-2H3,(H,19,25)(H,20,23). The van der Waals surface area contributed by atoms with Gasteiger partial charge in [-0.3, -0.25) is 14.5 Å². The number of nitrogens with two attached hydrogens (primary N) is 1. The topological polar surface area (TPSA) is 117 Å². The third-order valence-electron chi connectivity index (χ3n) is 4.02. The Morgan fingerprint density at radius 2 is 1.96 bits per heavy atom. The third-order valence-corrected chi connectivity index (χ3v) is 4.02. The molecule has 1 aliphatic heterocycles. The van der Waals surface area contributed by atoms with Crippen molar-refractivity contribution in [1.29, 1.82) is 0 Å². The molecule has 4 N–H and O–H groups in total. The van der Waals surface area contributed by atoms with E-state index in [-0.39, 0.29) is 38.1 Å². The average molecular weight is 363 g/mol. The van der Waals surface area contributed by atoms with Crippen molar-refractivity contribution in [2.24, 2.45) is 5.73 Å². The van der Waals surface area contributed by atoms with Crippen LogP contribution >= 0.6 is 0 Å². The molecule has 1 aromatic rings. The third kappa shape index (κ3) is 4.23. The Morgan fingerprint density at radius 1 is 1.23 bits per heavy atom. The summed E-state index contributed by atoms with van der Waals surface area (Å²) in [5.41, 5.74) is 5.82. The van der Waals surface area contributed by atoms with Gasteiger partial charge in [0.15, 0.2) is 6.17 Å². The maximum absolute atomic E-state index is 12.9. The number of carbonyl (C=O) groups is 3. The van der Waals surface area contributed by atoms with Crippen molar-refractivity contribution in [3.63, 3.8) is 0 Å². The monoisotopic (exact) mass is 363 g/mol. The van der Waals surface area contributed by atoms with Gasteiger partial charge in [0.1, 0.15) is 5.75 Å². The molecule has 0 saturated carbocycles. The molecule has 26 heavy (non-hydrogen) atoms. The summed E-state index contributed by atoms with van der Waals surface area (Å²) in [6.07, 6.45) is -1.02. The second-order valence-electron chi connectivity index (χ2n) is 5.71. The Hall–Kier alpha value is -2.81. The Balaban J connectivity index is 2.27. The fourth-order valence-corrected chi connectivity index (χ4v) is 2.80. The van der Waals surface area contributed by atoms with E-state index in [1.165, 1.54) is 16.9 Å². The van der Waals surface area contributed by atoms with E-state index in [1.807, 2.05) is 0 Å². The number of amides is 4. The molecule has 2 rings (SSSR count).